The number of ether oxygens (including phenoxy) is 1. The van der Waals surface area contributed by atoms with E-state index in [1.807, 2.05) is 0 Å². The second-order valence-electron chi connectivity index (χ2n) is 4.89. The summed E-state index contributed by atoms with van der Waals surface area (Å²) in [5, 5.41) is 5.38. The molecule has 1 aromatic carbocycles. The van der Waals surface area contributed by atoms with E-state index in [1.54, 1.807) is 0 Å². The zero-order valence-electron chi connectivity index (χ0n) is 11.5. The molecule has 1 fully saturated rings. The van der Waals surface area contributed by atoms with Crippen LogP contribution in [-0.4, -0.2) is 25.2 Å². The summed E-state index contributed by atoms with van der Waals surface area (Å²) in [6.07, 6.45) is 2.25. The Morgan fingerprint density at radius 1 is 1.38 bits per heavy atom. The van der Waals surface area contributed by atoms with Crippen LogP contribution in [0.1, 0.15) is 19.3 Å². The molecular weight excluding hydrogens is 299 g/mol. The van der Waals surface area contributed by atoms with Gasteiger partial charge in [-0.15, -0.1) is 0 Å². The molecule has 0 aromatic heterocycles. The molecule has 0 radical (unpaired) electrons. The number of amides is 2. The van der Waals surface area contributed by atoms with Crippen LogP contribution >= 0.6 is 11.6 Å². The van der Waals surface area contributed by atoms with Crippen molar-refractivity contribution in [2.75, 3.05) is 12.4 Å². The SMILES string of the molecule is COC(=O)[C@H]1CCC[C@H]1NC(=O)Nc1ccc(F)cc1Cl. The number of rotatable bonds is 3. The highest BCUT2D eigenvalue weighted by Crippen LogP contribution is 2.27. The minimum Gasteiger partial charge on any atom is -0.469 e. The van der Waals surface area contributed by atoms with Crippen LogP contribution in [0, 0.1) is 11.7 Å². The predicted octanol–water partition coefficient (Wildman–Crippen LogP) is 2.94. The summed E-state index contributed by atoms with van der Waals surface area (Å²) in [5.74, 6) is -1.13. The summed E-state index contributed by atoms with van der Waals surface area (Å²) < 4.78 is 17.7. The highest BCUT2D eigenvalue weighted by Gasteiger charge is 2.34. The average Bonchev–Trinajstić information content (AvgIpc) is 2.89. The first-order valence-electron chi connectivity index (χ1n) is 6.61. The average molecular weight is 315 g/mol. The Morgan fingerprint density at radius 2 is 2.14 bits per heavy atom. The van der Waals surface area contributed by atoms with E-state index in [0.717, 1.165) is 12.5 Å². The third kappa shape index (κ3) is 3.85. The van der Waals surface area contributed by atoms with Crippen LogP contribution in [0.4, 0.5) is 14.9 Å². The molecule has 1 aliphatic carbocycles. The van der Waals surface area contributed by atoms with E-state index in [4.69, 9.17) is 16.3 Å². The van der Waals surface area contributed by atoms with Gasteiger partial charge < -0.3 is 15.4 Å². The minimum absolute atomic E-state index is 0.112. The van der Waals surface area contributed by atoms with Gasteiger partial charge in [-0.3, -0.25) is 4.79 Å². The van der Waals surface area contributed by atoms with E-state index < -0.39 is 11.8 Å². The maximum atomic E-state index is 12.9. The van der Waals surface area contributed by atoms with E-state index in [-0.39, 0.29) is 23.0 Å². The molecule has 0 aliphatic heterocycles. The van der Waals surface area contributed by atoms with E-state index >= 15 is 0 Å². The zero-order valence-corrected chi connectivity index (χ0v) is 12.2. The highest BCUT2D eigenvalue weighted by molar-refractivity contribution is 6.33. The van der Waals surface area contributed by atoms with Gasteiger partial charge in [0.15, 0.2) is 0 Å². The maximum Gasteiger partial charge on any atom is 0.319 e. The van der Waals surface area contributed by atoms with Crippen molar-refractivity contribution in [3.63, 3.8) is 0 Å². The van der Waals surface area contributed by atoms with Gasteiger partial charge in [-0.05, 0) is 31.0 Å². The Hall–Kier alpha value is -1.82. The number of carbonyl (C=O) groups is 2. The third-order valence-electron chi connectivity index (χ3n) is 3.52. The first-order valence-corrected chi connectivity index (χ1v) is 6.99. The summed E-state index contributed by atoms with van der Waals surface area (Å²) >= 11 is 5.84. The topological polar surface area (TPSA) is 67.4 Å². The molecule has 2 N–H and O–H groups in total. The summed E-state index contributed by atoms with van der Waals surface area (Å²) in [7, 11) is 1.33. The van der Waals surface area contributed by atoms with Crippen LogP contribution in [0.25, 0.3) is 0 Å². The number of urea groups is 1. The Labute approximate surface area is 126 Å². The molecule has 1 aliphatic rings. The van der Waals surface area contributed by atoms with Gasteiger partial charge in [-0.2, -0.15) is 0 Å². The number of anilines is 1. The number of halogens is 2. The number of benzene rings is 1. The maximum absolute atomic E-state index is 12.9. The van der Waals surface area contributed by atoms with Gasteiger partial charge in [-0.1, -0.05) is 18.0 Å². The molecule has 1 aromatic rings. The number of hydrogen-bond acceptors (Lipinski definition) is 3. The van der Waals surface area contributed by atoms with E-state index in [9.17, 15) is 14.0 Å². The normalized spacial score (nSPS) is 20.9. The summed E-state index contributed by atoms with van der Waals surface area (Å²) in [4.78, 5) is 23.5. The van der Waals surface area contributed by atoms with E-state index in [1.165, 1.54) is 19.2 Å². The van der Waals surface area contributed by atoms with Crippen LogP contribution in [0.3, 0.4) is 0 Å². The van der Waals surface area contributed by atoms with Crippen molar-refractivity contribution in [3.8, 4) is 0 Å². The van der Waals surface area contributed by atoms with Crippen molar-refractivity contribution >= 4 is 29.3 Å². The molecule has 5 nitrogen and oxygen atoms in total. The molecule has 0 spiro atoms. The lowest BCUT2D eigenvalue weighted by Crippen LogP contribution is -2.42. The summed E-state index contributed by atoms with van der Waals surface area (Å²) in [6.45, 7) is 0. The quantitative estimate of drug-likeness (QED) is 0.843. The van der Waals surface area contributed by atoms with Gasteiger partial charge in [0.2, 0.25) is 0 Å². The smallest absolute Gasteiger partial charge is 0.319 e. The molecule has 2 amide bonds. The largest absolute Gasteiger partial charge is 0.469 e. The Balaban J connectivity index is 1.96. The van der Waals surface area contributed by atoms with Crippen molar-refractivity contribution in [2.45, 2.75) is 25.3 Å². The molecular formula is C14H16ClFN2O3. The van der Waals surface area contributed by atoms with Crippen LogP contribution in [0.5, 0.6) is 0 Å². The molecule has 1 saturated carbocycles. The van der Waals surface area contributed by atoms with Crippen molar-refractivity contribution in [1.29, 1.82) is 0 Å². The molecule has 0 unspecified atom stereocenters. The first kappa shape index (κ1) is 15.6. The van der Waals surface area contributed by atoms with Crippen LogP contribution < -0.4 is 10.6 Å². The predicted molar refractivity (Wildman–Crippen MR) is 76.7 cm³/mol. The lowest BCUT2D eigenvalue weighted by molar-refractivity contribution is -0.145. The van der Waals surface area contributed by atoms with Crippen molar-refractivity contribution < 1.29 is 18.7 Å². The number of carbonyl (C=O) groups excluding carboxylic acids is 2. The Bertz CT molecular complexity index is 553. The zero-order chi connectivity index (χ0) is 15.4. The second kappa shape index (κ2) is 6.76. The van der Waals surface area contributed by atoms with Crippen molar-refractivity contribution in [3.05, 3.63) is 29.0 Å². The first-order chi connectivity index (χ1) is 10.0. The fourth-order valence-corrected chi connectivity index (χ4v) is 2.70. The molecule has 7 heteroatoms. The van der Waals surface area contributed by atoms with Crippen LogP contribution in [0.15, 0.2) is 18.2 Å². The molecule has 2 atom stereocenters. The molecule has 0 saturated heterocycles. The number of methoxy groups -OCH3 is 1. The van der Waals surface area contributed by atoms with Gasteiger partial charge in [0, 0.05) is 6.04 Å². The molecule has 0 bridgehead atoms. The number of hydrogen-bond donors (Lipinski definition) is 2. The van der Waals surface area contributed by atoms with E-state index in [2.05, 4.69) is 10.6 Å². The van der Waals surface area contributed by atoms with Gasteiger partial charge in [-0.25, -0.2) is 9.18 Å². The Morgan fingerprint density at radius 3 is 2.81 bits per heavy atom. The van der Waals surface area contributed by atoms with Crippen molar-refractivity contribution in [1.82, 2.24) is 5.32 Å². The third-order valence-corrected chi connectivity index (χ3v) is 3.83. The monoisotopic (exact) mass is 314 g/mol. The van der Waals surface area contributed by atoms with Gasteiger partial charge in [0.05, 0.1) is 23.7 Å². The Kier molecular flexibility index (Phi) is 5.01. The molecule has 114 valence electrons. The molecule has 0 heterocycles. The van der Waals surface area contributed by atoms with Gasteiger partial charge in [0.25, 0.3) is 0 Å². The summed E-state index contributed by atoms with van der Waals surface area (Å²) in [6, 6.07) is 2.95. The van der Waals surface area contributed by atoms with Gasteiger partial charge in [0.1, 0.15) is 5.82 Å². The molecule has 21 heavy (non-hydrogen) atoms. The lowest BCUT2D eigenvalue weighted by atomic mass is 10.0. The number of nitrogens with one attached hydrogen (secondary N) is 2. The number of esters is 1. The van der Waals surface area contributed by atoms with Crippen LogP contribution in [0.2, 0.25) is 5.02 Å². The molecule has 2 rings (SSSR count). The van der Waals surface area contributed by atoms with Crippen molar-refractivity contribution in [2.24, 2.45) is 5.92 Å². The lowest BCUT2D eigenvalue weighted by Gasteiger charge is -2.19. The second-order valence-corrected chi connectivity index (χ2v) is 5.30. The fourth-order valence-electron chi connectivity index (χ4n) is 2.48. The minimum atomic E-state index is -0.482. The highest BCUT2D eigenvalue weighted by atomic mass is 35.5. The van der Waals surface area contributed by atoms with Crippen LogP contribution in [-0.2, 0) is 9.53 Å². The fraction of sp³-hybridized carbons (Fsp3) is 0.429. The summed E-state index contributed by atoms with van der Waals surface area (Å²) in [5.41, 5.74) is 0.309. The van der Waals surface area contributed by atoms with E-state index in [0.29, 0.717) is 18.5 Å². The standard InChI is InChI=1S/C14H16ClFN2O3/c1-21-13(19)9-3-2-4-11(9)17-14(20)18-12-6-5-8(16)7-10(12)15/h5-7,9,11H,2-4H2,1H3,(H2,17,18,20)/t9-,11+/m0/s1. The van der Waals surface area contributed by atoms with Gasteiger partial charge >= 0.3 is 12.0 Å².